The van der Waals surface area contributed by atoms with Crippen molar-refractivity contribution in [3.8, 4) is 6.07 Å². The monoisotopic (exact) mass is 233 g/mol. The van der Waals surface area contributed by atoms with Crippen LogP contribution in [0.1, 0.15) is 12.5 Å². The zero-order valence-electron chi connectivity index (χ0n) is 9.96. The molecule has 0 aliphatic heterocycles. The zero-order chi connectivity index (χ0) is 12.8. The molecule has 0 saturated heterocycles. The van der Waals surface area contributed by atoms with Crippen LogP contribution in [-0.4, -0.2) is 29.5 Å². The number of nitro groups is 1. The van der Waals surface area contributed by atoms with Crippen LogP contribution >= 0.6 is 0 Å². The number of rotatable bonds is 5. The number of hydrogen-bond donors (Lipinski definition) is 0. The molecule has 90 valence electrons. The maximum atomic E-state index is 10.5. The predicted octanol–water partition coefficient (Wildman–Crippen LogP) is 1.98. The fourth-order valence-corrected chi connectivity index (χ4v) is 1.50. The van der Waals surface area contributed by atoms with Gasteiger partial charge in [0.25, 0.3) is 5.69 Å². The Labute approximate surface area is 100 Å². The van der Waals surface area contributed by atoms with Gasteiger partial charge < -0.3 is 0 Å². The van der Waals surface area contributed by atoms with Crippen molar-refractivity contribution in [1.29, 1.82) is 5.26 Å². The maximum absolute atomic E-state index is 10.5. The highest BCUT2D eigenvalue weighted by Gasteiger charge is 2.13. The number of benzene rings is 1. The molecule has 5 nitrogen and oxygen atoms in total. The molecule has 1 atom stereocenters. The lowest BCUT2D eigenvalue weighted by Gasteiger charge is -2.20. The van der Waals surface area contributed by atoms with Crippen LogP contribution in [-0.2, 0) is 6.42 Å². The zero-order valence-corrected chi connectivity index (χ0v) is 9.96. The van der Waals surface area contributed by atoms with Gasteiger partial charge in [0.15, 0.2) is 0 Å². The average molecular weight is 233 g/mol. The molecule has 0 bridgehead atoms. The largest absolute Gasteiger partial charge is 0.291 e. The molecule has 0 aliphatic rings. The van der Waals surface area contributed by atoms with Crippen molar-refractivity contribution in [2.24, 2.45) is 0 Å². The molecule has 1 aromatic carbocycles. The predicted molar refractivity (Wildman–Crippen MR) is 64.5 cm³/mol. The van der Waals surface area contributed by atoms with Gasteiger partial charge in [0.2, 0.25) is 0 Å². The minimum atomic E-state index is -0.427. The average Bonchev–Trinajstić information content (AvgIpc) is 2.35. The first-order valence-corrected chi connectivity index (χ1v) is 5.41. The summed E-state index contributed by atoms with van der Waals surface area (Å²) in [5, 5.41) is 19.5. The van der Waals surface area contributed by atoms with Crippen LogP contribution in [0.4, 0.5) is 5.69 Å². The molecule has 0 spiro atoms. The lowest BCUT2D eigenvalue weighted by atomic mass is 10.1. The molecule has 0 heterocycles. The summed E-state index contributed by atoms with van der Waals surface area (Å²) in [5.74, 6) is 0. The Morgan fingerprint density at radius 1 is 1.47 bits per heavy atom. The van der Waals surface area contributed by atoms with E-state index in [9.17, 15) is 10.1 Å². The van der Waals surface area contributed by atoms with E-state index in [1.807, 2.05) is 18.9 Å². The Morgan fingerprint density at radius 2 is 2.06 bits per heavy atom. The number of non-ortho nitro benzene ring substituents is 1. The van der Waals surface area contributed by atoms with Gasteiger partial charge in [-0.15, -0.1) is 0 Å². The Morgan fingerprint density at radius 3 is 2.47 bits per heavy atom. The van der Waals surface area contributed by atoms with Gasteiger partial charge in [-0.05, 0) is 19.2 Å². The minimum Gasteiger partial charge on any atom is -0.291 e. The summed E-state index contributed by atoms with van der Waals surface area (Å²) in [6.45, 7) is 2.78. The van der Waals surface area contributed by atoms with E-state index >= 15 is 0 Å². The van der Waals surface area contributed by atoms with E-state index in [0.29, 0.717) is 6.42 Å². The maximum Gasteiger partial charge on any atom is 0.269 e. The highest BCUT2D eigenvalue weighted by atomic mass is 16.6. The Balaban J connectivity index is 2.75. The number of hydrogen-bond acceptors (Lipinski definition) is 4. The van der Waals surface area contributed by atoms with Crippen LogP contribution < -0.4 is 0 Å². The summed E-state index contributed by atoms with van der Waals surface area (Å²) in [6, 6.07) is 8.37. The van der Waals surface area contributed by atoms with Crippen LogP contribution in [0.5, 0.6) is 0 Å². The quantitative estimate of drug-likeness (QED) is 0.576. The summed E-state index contributed by atoms with van der Waals surface area (Å²) >= 11 is 0. The van der Waals surface area contributed by atoms with E-state index in [1.165, 1.54) is 12.1 Å². The molecule has 0 saturated carbocycles. The van der Waals surface area contributed by atoms with Crippen LogP contribution in [0, 0.1) is 21.4 Å². The van der Waals surface area contributed by atoms with Crippen molar-refractivity contribution in [2.45, 2.75) is 19.4 Å². The van der Waals surface area contributed by atoms with E-state index < -0.39 is 4.92 Å². The third-order valence-electron chi connectivity index (χ3n) is 2.76. The molecule has 1 rings (SSSR count). The van der Waals surface area contributed by atoms with Crippen molar-refractivity contribution in [3.05, 3.63) is 39.9 Å². The van der Waals surface area contributed by atoms with Crippen molar-refractivity contribution in [1.82, 2.24) is 4.90 Å². The van der Waals surface area contributed by atoms with E-state index in [-0.39, 0.29) is 11.7 Å². The summed E-state index contributed by atoms with van der Waals surface area (Å²) in [6.07, 6.45) is 0.582. The summed E-state index contributed by atoms with van der Waals surface area (Å²) in [5.41, 5.74) is 1.01. The third-order valence-corrected chi connectivity index (χ3v) is 2.76. The van der Waals surface area contributed by atoms with Crippen molar-refractivity contribution < 1.29 is 4.92 Å². The molecule has 1 unspecified atom stereocenters. The molecular weight excluding hydrogens is 218 g/mol. The molecule has 0 aromatic heterocycles. The second-order valence-electron chi connectivity index (χ2n) is 3.85. The van der Waals surface area contributed by atoms with E-state index in [2.05, 4.69) is 6.07 Å². The van der Waals surface area contributed by atoms with Crippen LogP contribution in [0.25, 0.3) is 0 Å². The summed E-state index contributed by atoms with van der Waals surface area (Å²) in [4.78, 5) is 12.0. The van der Waals surface area contributed by atoms with Gasteiger partial charge in [-0.3, -0.25) is 15.0 Å². The van der Waals surface area contributed by atoms with Crippen LogP contribution in [0.2, 0.25) is 0 Å². The van der Waals surface area contributed by atoms with Gasteiger partial charge in [-0.2, -0.15) is 5.26 Å². The Hall–Kier alpha value is -1.93. The van der Waals surface area contributed by atoms with Crippen molar-refractivity contribution in [2.75, 3.05) is 13.6 Å². The second kappa shape index (κ2) is 5.97. The van der Waals surface area contributed by atoms with Crippen molar-refractivity contribution >= 4 is 5.69 Å². The van der Waals surface area contributed by atoms with Gasteiger partial charge in [0.1, 0.15) is 6.04 Å². The molecule has 0 amide bonds. The Bertz CT molecular complexity index is 422. The number of nitriles is 1. The van der Waals surface area contributed by atoms with Gasteiger partial charge in [-0.1, -0.05) is 19.1 Å². The fraction of sp³-hybridized carbons (Fsp3) is 0.417. The van der Waals surface area contributed by atoms with E-state index in [0.717, 1.165) is 12.1 Å². The first kappa shape index (κ1) is 13.1. The van der Waals surface area contributed by atoms with Crippen LogP contribution in [0.15, 0.2) is 24.3 Å². The minimum absolute atomic E-state index is 0.0751. The lowest BCUT2D eigenvalue weighted by Crippen LogP contribution is -2.31. The number of likely N-dealkylation sites (N-methyl/N-ethyl adjacent to an activating group) is 1. The second-order valence-corrected chi connectivity index (χ2v) is 3.85. The van der Waals surface area contributed by atoms with Gasteiger partial charge in [0, 0.05) is 18.6 Å². The highest BCUT2D eigenvalue weighted by Crippen LogP contribution is 2.14. The standard InChI is InChI=1S/C12H15N3O2/c1-3-14(2)12(9-13)8-10-4-6-11(7-5-10)15(16)17/h4-7,12H,3,8H2,1-2H3. The molecule has 5 heteroatoms. The Kier molecular flexibility index (Phi) is 4.61. The summed E-state index contributed by atoms with van der Waals surface area (Å²) < 4.78 is 0. The molecule has 0 N–H and O–H groups in total. The number of nitrogens with zero attached hydrogens (tertiary/aromatic N) is 3. The molecule has 1 aromatic rings. The number of nitro benzene ring substituents is 1. The molecule has 0 aliphatic carbocycles. The summed E-state index contributed by atoms with van der Waals surface area (Å²) in [7, 11) is 1.89. The van der Waals surface area contributed by atoms with Crippen LogP contribution in [0.3, 0.4) is 0 Å². The van der Waals surface area contributed by atoms with E-state index in [1.54, 1.807) is 12.1 Å². The topological polar surface area (TPSA) is 70.2 Å². The molecule has 0 radical (unpaired) electrons. The lowest BCUT2D eigenvalue weighted by molar-refractivity contribution is -0.384. The van der Waals surface area contributed by atoms with E-state index in [4.69, 9.17) is 5.26 Å². The van der Waals surface area contributed by atoms with Crippen molar-refractivity contribution in [3.63, 3.8) is 0 Å². The smallest absolute Gasteiger partial charge is 0.269 e. The molecular formula is C12H15N3O2. The molecule has 17 heavy (non-hydrogen) atoms. The third kappa shape index (κ3) is 3.54. The molecule has 0 fully saturated rings. The van der Waals surface area contributed by atoms with Gasteiger partial charge in [-0.25, -0.2) is 0 Å². The SMILES string of the molecule is CCN(C)C(C#N)Cc1ccc([N+](=O)[O-])cc1. The normalized spacial score (nSPS) is 12.1. The first-order valence-electron chi connectivity index (χ1n) is 5.41. The van der Waals surface area contributed by atoms with Gasteiger partial charge >= 0.3 is 0 Å². The fourth-order valence-electron chi connectivity index (χ4n) is 1.50. The van der Waals surface area contributed by atoms with Gasteiger partial charge in [0.05, 0.1) is 11.0 Å². The highest BCUT2D eigenvalue weighted by molar-refractivity contribution is 5.33. The first-order chi connectivity index (χ1) is 8.08.